The van der Waals surface area contributed by atoms with Gasteiger partial charge in [-0.05, 0) is 49.4 Å². The summed E-state index contributed by atoms with van der Waals surface area (Å²) in [5.41, 5.74) is 1.37. The van der Waals surface area contributed by atoms with Crippen LogP contribution in [0.4, 0.5) is 0 Å². The minimum Gasteiger partial charge on any atom is -0.494 e. The van der Waals surface area contributed by atoms with Crippen LogP contribution in [0, 0.1) is 5.92 Å². The number of hydrogen-bond acceptors (Lipinski definition) is 3. The molecule has 3 heteroatoms. The van der Waals surface area contributed by atoms with Crippen LogP contribution in [0.3, 0.4) is 0 Å². The fourth-order valence-corrected chi connectivity index (χ4v) is 3.48. The molecule has 2 saturated heterocycles. The molecule has 0 amide bonds. The molecule has 0 unspecified atom stereocenters. The second kappa shape index (κ2) is 6.59. The molecule has 1 N–H and O–H groups in total. The smallest absolute Gasteiger partial charge is 0.119 e. The molecule has 2 heterocycles. The molecule has 0 radical (unpaired) electrons. The summed E-state index contributed by atoms with van der Waals surface area (Å²) in [4.78, 5) is 2.59. The average Bonchev–Trinajstić information content (AvgIpc) is 2.87. The van der Waals surface area contributed by atoms with E-state index in [1.165, 1.54) is 38.0 Å². The molecule has 2 fully saturated rings. The van der Waals surface area contributed by atoms with Gasteiger partial charge >= 0.3 is 0 Å². The zero-order valence-corrected chi connectivity index (χ0v) is 12.5. The van der Waals surface area contributed by atoms with E-state index in [1.807, 2.05) is 0 Å². The Bertz CT molecular complexity index is 421. The third-order valence-corrected chi connectivity index (χ3v) is 4.45. The summed E-state index contributed by atoms with van der Waals surface area (Å²) in [6.45, 7) is 7.65. The van der Waals surface area contributed by atoms with Crippen LogP contribution < -0.4 is 10.1 Å². The Hall–Kier alpha value is -1.06. The largest absolute Gasteiger partial charge is 0.494 e. The Labute approximate surface area is 122 Å². The monoisotopic (exact) mass is 274 g/mol. The molecular formula is C17H26N2O. The van der Waals surface area contributed by atoms with Crippen LogP contribution in [0.5, 0.6) is 5.75 Å². The number of fused-ring (bicyclic) bond motifs is 1. The molecular weight excluding hydrogens is 248 g/mol. The molecule has 110 valence electrons. The van der Waals surface area contributed by atoms with Crippen LogP contribution in [0.15, 0.2) is 24.3 Å². The average molecular weight is 274 g/mol. The van der Waals surface area contributed by atoms with Gasteiger partial charge in [-0.1, -0.05) is 19.1 Å². The van der Waals surface area contributed by atoms with E-state index in [9.17, 15) is 0 Å². The highest BCUT2D eigenvalue weighted by molar-refractivity contribution is 5.28. The Morgan fingerprint density at radius 2 is 2.30 bits per heavy atom. The van der Waals surface area contributed by atoms with Crippen molar-refractivity contribution in [3.8, 4) is 5.75 Å². The number of benzene rings is 1. The van der Waals surface area contributed by atoms with Gasteiger partial charge in [0.05, 0.1) is 6.61 Å². The van der Waals surface area contributed by atoms with Crippen LogP contribution in [-0.2, 0) is 6.54 Å². The summed E-state index contributed by atoms with van der Waals surface area (Å²) in [5.74, 6) is 1.88. The lowest BCUT2D eigenvalue weighted by Crippen LogP contribution is -2.40. The number of piperidine rings is 1. The summed E-state index contributed by atoms with van der Waals surface area (Å²) in [6, 6.07) is 9.31. The van der Waals surface area contributed by atoms with E-state index in [2.05, 4.69) is 41.4 Å². The van der Waals surface area contributed by atoms with E-state index in [0.717, 1.165) is 37.3 Å². The lowest BCUT2D eigenvalue weighted by atomic mass is 9.94. The van der Waals surface area contributed by atoms with Gasteiger partial charge in [-0.3, -0.25) is 4.90 Å². The molecule has 3 rings (SSSR count). The number of ether oxygens (including phenoxy) is 1. The van der Waals surface area contributed by atoms with Gasteiger partial charge in [0.25, 0.3) is 0 Å². The number of hydrogen-bond donors (Lipinski definition) is 1. The van der Waals surface area contributed by atoms with Crippen molar-refractivity contribution >= 4 is 0 Å². The van der Waals surface area contributed by atoms with Crippen molar-refractivity contribution < 1.29 is 4.74 Å². The predicted octanol–water partition coefficient (Wildman–Crippen LogP) is 2.66. The number of rotatable bonds is 5. The fraction of sp³-hybridized carbons (Fsp3) is 0.647. The van der Waals surface area contributed by atoms with Gasteiger partial charge in [-0.15, -0.1) is 0 Å². The van der Waals surface area contributed by atoms with Crippen LogP contribution in [-0.4, -0.2) is 37.2 Å². The van der Waals surface area contributed by atoms with E-state index in [1.54, 1.807) is 0 Å². The minimum atomic E-state index is 0.725. The molecule has 0 spiro atoms. The van der Waals surface area contributed by atoms with Gasteiger partial charge in [0.15, 0.2) is 0 Å². The van der Waals surface area contributed by atoms with Crippen molar-refractivity contribution in [2.24, 2.45) is 5.92 Å². The molecule has 1 aromatic carbocycles. The normalized spacial score (nSPS) is 26.4. The molecule has 1 aromatic rings. The highest BCUT2D eigenvalue weighted by Gasteiger charge is 2.33. The van der Waals surface area contributed by atoms with Gasteiger partial charge in [-0.25, -0.2) is 0 Å². The van der Waals surface area contributed by atoms with E-state index < -0.39 is 0 Å². The van der Waals surface area contributed by atoms with Crippen molar-refractivity contribution in [3.63, 3.8) is 0 Å². The maximum atomic E-state index is 5.72. The lowest BCUT2D eigenvalue weighted by molar-refractivity contribution is 0.306. The zero-order chi connectivity index (χ0) is 13.8. The van der Waals surface area contributed by atoms with Crippen molar-refractivity contribution in [1.82, 2.24) is 10.2 Å². The van der Waals surface area contributed by atoms with Crippen LogP contribution in [0.1, 0.15) is 31.7 Å². The summed E-state index contributed by atoms with van der Waals surface area (Å²) >= 11 is 0. The third-order valence-electron chi connectivity index (χ3n) is 4.45. The lowest BCUT2D eigenvalue weighted by Gasteiger charge is -2.24. The van der Waals surface area contributed by atoms with E-state index in [-0.39, 0.29) is 0 Å². The molecule has 0 bridgehead atoms. The molecule has 0 saturated carbocycles. The molecule has 20 heavy (non-hydrogen) atoms. The molecule has 2 atom stereocenters. The SMILES string of the molecule is CCCOc1cccc(CN2C[C@@H]3CCCN[C@@H]3C2)c1. The summed E-state index contributed by atoms with van der Waals surface area (Å²) in [7, 11) is 0. The van der Waals surface area contributed by atoms with Crippen LogP contribution in [0.2, 0.25) is 0 Å². The van der Waals surface area contributed by atoms with Gasteiger partial charge in [-0.2, -0.15) is 0 Å². The predicted molar refractivity (Wildman–Crippen MR) is 82.0 cm³/mol. The first-order chi connectivity index (χ1) is 9.85. The van der Waals surface area contributed by atoms with Crippen molar-refractivity contribution in [2.75, 3.05) is 26.2 Å². The van der Waals surface area contributed by atoms with Crippen molar-refractivity contribution in [3.05, 3.63) is 29.8 Å². The number of nitrogens with zero attached hydrogens (tertiary/aromatic N) is 1. The topological polar surface area (TPSA) is 24.5 Å². The first kappa shape index (κ1) is 13.9. The molecule has 2 aliphatic rings. The molecule has 3 nitrogen and oxygen atoms in total. The quantitative estimate of drug-likeness (QED) is 0.893. The Morgan fingerprint density at radius 1 is 1.35 bits per heavy atom. The second-order valence-corrected chi connectivity index (χ2v) is 6.15. The Kier molecular flexibility index (Phi) is 4.58. The summed E-state index contributed by atoms with van der Waals surface area (Å²) < 4.78 is 5.72. The standard InChI is InChI=1S/C17H26N2O/c1-2-9-20-16-7-3-5-14(10-16)11-19-12-15-6-4-8-18-17(15)13-19/h3,5,7,10,15,17-18H,2,4,6,8-9,11-13H2,1H3/t15-,17+/m0/s1. The molecule has 0 aromatic heterocycles. The van der Waals surface area contributed by atoms with Crippen LogP contribution in [0.25, 0.3) is 0 Å². The first-order valence-electron chi connectivity index (χ1n) is 8.02. The number of likely N-dealkylation sites (tertiary alicyclic amines) is 1. The highest BCUT2D eigenvalue weighted by Crippen LogP contribution is 2.26. The van der Waals surface area contributed by atoms with Crippen molar-refractivity contribution in [2.45, 2.75) is 38.8 Å². The Balaban J connectivity index is 1.57. The number of nitrogens with one attached hydrogen (secondary N) is 1. The zero-order valence-electron chi connectivity index (χ0n) is 12.5. The summed E-state index contributed by atoms with van der Waals surface area (Å²) in [6.07, 6.45) is 3.80. The molecule has 2 aliphatic heterocycles. The van der Waals surface area contributed by atoms with Gasteiger partial charge < -0.3 is 10.1 Å². The maximum Gasteiger partial charge on any atom is 0.119 e. The second-order valence-electron chi connectivity index (χ2n) is 6.15. The van der Waals surface area contributed by atoms with Gasteiger partial charge in [0, 0.05) is 25.7 Å². The van der Waals surface area contributed by atoms with Crippen LogP contribution >= 0.6 is 0 Å². The third kappa shape index (κ3) is 3.33. The van der Waals surface area contributed by atoms with Crippen molar-refractivity contribution in [1.29, 1.82) is 0 Å². The van der Waals surface area contributed by atoms with E-state index in [0.29, 0.717) is 0 Å². The molecule has 0 aliphatic carbocycles. The summed E-state index contributed by atoms with van der Waals surface area (Å²) in [5, 5.41) is 3.67. The van der Waals surface area contributed by atoms with E-state index in [4.69, 9.17) is 4.74 Å². The highest BCUT2D eigenvalue weighted by atomic mass is 16.5. The minimum absolute atomic E-state index is 0.725. The van der Waals surface area contributed by atoms with Gasteiger partial charge in [0.1, 0.15) is 5.75 Å². The van der Waals surface area contributed by atoms with Gasteiger partial charge in [0.2, 0.25) is 0 Å². The first-order valence-corrected chi connectivity index (χ1v) is 8.02. The fourth-order valence-electron chi connectivity index (χ4n) is 3.48. The Morgan fingerprint density at radius 3 is 3.15 bits per heavy atom. The van der Waals surface area contributed by atoms with E-state index >= 15 is 0 Å². The maximum absolute atomic E-state index is 5.72.